The van der Waals surface area contributed by atoms with Crippen LogP contribution in [0.5, 0.6) is 17.2 Å². The summed E-state index contributed by atoms with van der Waals surface area (Å²) in [5, 5.41) is 19.3. The highest BCUT2D eigenvalue weighted by molar-refractivity contribution is 5.86. The molecule has 1 heterocycles. The van der Waals surface area contributed by atoms with Crippen LogP contribution in [0.25, 0.3) is 33.1 Å². The van der Waals surface area contributed by atoms with Crippen molar-refractivity contribution in [2.75, 3.05) is 13.7 Å². The van der Waals surface area contributed by atoms with Gasteiger partial charge in [-0.05, 0) is 77.6 Å². The van der Waals surface area contributed by atoms with Crippen LogP contribution >= 0.6 is 0 Å². The molecule has 10 nitrogen and oxygen atoms in total. The largest absolute Gasteiger partial charge is 0.494 e. The molecule has 5 aromatic carbocycles. The van der Waals surface area contributed by atoms with Gasteiger partial charge in [0.1, 0.15) is 12.4 Å². The molecule has 0 unspecified atom stereocenters. The van der Waals surface area contributed by atoms with E-state index in [1.54, 1.807) is 24.3 Å². The third-order valence-corrected chi connectivity index (χ3v) is 8.32. The van der Waals surface area contributed by atoms with Crippen molar-refractivity contribution in [3.63, 3.8) is 0 Å². The number of ether oxygens (including phenoxy) is 3. The van der Waals surface area contributed by atoms with Gasteiger partial charge in [-0.15, -0.1) is 0 Å². The number of nitrogens with zero attached hydrogens (tertiary/aromatic N) is 4. The van der Waals surface area contributed by atoms with Gasteiger partial charge in [0, 0.05) is 17.2 Å². The Kier molecular flexibility index (Phi) is 9.39. The maximum atomic E-state index is 13.9. The van der Waals surface area contributed by atoms with Gasteiger partial charge in [-0.25, -0.2) is 4.98 Å². The zero-order valence-electron chi connectivity index (χ0n) is 28.0. The van der Waals surface area contributed by atoms with Gasteiger partial charge < -0.3 is 14.2 Å². The third kappa shape index (κ3) is 6.58. The first-order chi connectivity index (χ1) is 23.7. The molecule has 6 rings (SSSR count). The molecule has 0 N–H and O–H groups in total. The molecule has 0 bridgehead atoms. The molecule has 0 amide bonds. The number of aromatic nitrogens is 2. The van der Waals surface area contributed by atoms with Gasteiger partial charge in [0.05, 0.1) is 35.8 Å². The average Bonchev–Trinajstić information content (AvgIpc) is 3.10. The summed E-state index contributed by atoms with van der Waals surface area (Å²) in [5.41, 5.74) is 3.59. The van der Waals surface area contributed by atoms with Crippen LogP contribution in [-0.4, -0.2) is 34.5 Å². The van der Waals surface area contributed by atoms with Crippen LogP contribution in [0.3, 0.4) is 0 Å². The van der Waals surface area contributed by atoms with Gasteiger partial charge in [0.25, 0.3) is 5.56 Å². The number of para-hydroxylation sites is 1. The monoisotopic (exact) mass is 656 g/mol. The maximum Gasteiger partial charge on any atom is 0.315 e. The summed E-state index contributed by atoms with van der Waals surface area (Å²) < 4.78 is 18.8. The van der Waals surface area contributed by atoms with E-state index >= 15 is 0 Å². The van der Waals surface area contributed by atoms with Gasteiger partial charge in [0.2, 0.25) is 5.75 Å². The lowest BCUT2D eigenvalue weighted by molar-refractivity contribution is -0.386. The second-order valence-corrected chi connectivity index (χ2v) is 11.9. The van der Waals surface area contributed by atoms with Crippen molar-refractivity contribution in [1.82, 2.24) is 9.66 Å². The topological polar surface area (TPSA) is 118 Å². The summed E-state index contributed by atoms with van der Waals surface area (Å²) in [7, 11) is 1.42. The second kappa shape index (κ2) is 14.0. The molecule has 0 spiro atoms. The molecular weight excluding hydrogens is 620 g/mol. The minimum absolute atomic E-state index is 0.00552. The summed E-state index contributed by atoms with van der Waals surface area (Å²) in [5.74, 6) is 1.40. The van der Waals surface area contributed by atoms with Gasteiger partial charge in [0.15, 0.2) is 11.6 Å². The van der Waals surface area contributed by atoms with Crippen LogP contribution in [0.4, 0.5) is 5.69 Å². The molecule has 10 heteroatoms. The molecule has 0 radical (unpaired) electrons. The van der Waals surface area contributed by atoms with E-state index in [0.717, 1.165) is 33.2 Å². The van der Waals surface area contributed by atoms with E-state index in [4.69, 9.17) is 19.2 Å². The van der Waals surface area contributed by atoms with Crippen molar-refractivity contribution in [1.29, 1.82) is 0 Å². The van der Waals surface area contributed by atoms with Crippen LogP contribution in [0, 0.1) is 17.0 Å². The van der Waals surface area contributed by atoms with Crippen molar-refractivity contribution < 1.29 is 19.1 Å². The lowest BCUT2D eigenvalue weighted by atomic mass is 9.96. The molecule has 0 saturated carbocycles. The summed E-state index contributed by atoms with van der Waals surface area (Å²) in [6.45, 7) is 8.63. The highest BCUT2D eigenvalue weighted by Gasteiger charge is 2.23. The van der Waals surface area contributed by atoms with Crippen LogP contribution in [0.2, 0.25) is 0 Å². The number of nitro benzene ring substituents is 1. The number of hydrogen-bond acceptors (Lipinski definition) is 8. The first-order valence-electron chi connectivity index (χ1n) is 16.0. The fraction of sp³-hybridized carbons (Fsp3) is 0.205. The minimum Gasteiger partial charge on any atom is -0.494 e. The first kappa shape index (κ1) is 32.9. The summed E-state index contributed by atoms with van der Waals surface area (Å²) in [4.78, 5) is 30.6. The Hall–Kier alpha value is -6.03. The van der Waals surface area contributed by atoms with E-state index in [1.807, 2.05) is 74.5 Å². The molecule has 0 atom stereocenters. The van der Waals surface area contributed by atoms with Gasteiger partial charge in [-0.2, -0.15) is 9.78 Å². The number of benzene rings is 5. The Morgan fingerprint density at radius 3 is 2.41 bits per heavy atom. The van der Waals surface area contributed by atoms with E-state index in [9.17, 15) is 14.9 Å². The molecule has 0 aliphatic heterocycles. The molecule has 248 valence electrons. The van der Waals surface area contributed by atoms with E-state index < -0.39 is 4.92 Å². The molecule has 49 heavy (non-hydrogen) atoms. The third-order valence-electron chi connectivity index (χ3n) is 8.32. The smallest absolute Gasteiger partial charge is 0.315 e. The predicted octanol–water partition coefficient (Wildman–Crippen LogP) is 8.43. The summed E-state index contributed by atoms with van der Waals surface area (Å²) in [6, 6.07) is 27.7. The fourth-order valence-electron chi connectivity index (χ4n) is 5.88. The Balaban J connectivity index is 1.44. The van der Waals surface area contributed by atoms with Crippen LogP contribution < -0.4 is 19.8 Å². The average molecular weight is 657 g/mol. The number of nitro groups is 1. The number of hydrogen-bond donors (Lipinski definition) is 0. The van der Waals surface area contributed by atoms with Crippen LogP contribution in [0.1, 0.15) is 48.9 Å². The Morgan fingerprint density at radius 2 is 1.67 bits per heavy atom. The lowest BCUT2D eigenvalue weighted by Gasteiger charge is -2.18. The van der Waals surface area contributed by atoms with E-state index in [0.29, 0.717) is 34.5 Å². The SMILES string of the molecule is CCOc1cc(C)c(-c2nc3ccccc3c(=O)n2N=Cc2cc(OC)c(OCc3cccc4ccccc34)c([N+](=O)[O-])c2)cc1C(C)C. The number of aryl methyl sites for hydroxylation is 1. The lowest BCUT2D eigenvalue weighted by Crippen LogP contribution is -2.21. The zero-order chi connectivity index (χ0) is 34.7. The molecule has 0 aliphatic carbocycles. The van der Waals surface area contributed by atoms with Crippen molar-refractivity contribution >= 4 is 33.6 Å². The minimum atomic E-state index is -0.524. The Morgan fingerprint density at radius 1 is 0.939 bits per heavy atom. The fourth-order valence-corrected chi connectivity index (χ4v) is 5.88. The first-order valence-corrected chi connectivity index (χ1v) is 16.0. The summed E-state index contributed by atoms with van der Waals surface area (Å²) in [6.07, 6.45) is 1.39. The Bertz CT molecular complexity index is 2290. The van der Waals surface area contributed by atoms with E-state index in [1.165, 1.54) is 24.1 Å². The summed E-state index contributed by atoms with van der Waals surface area (Å²) >= 11 is 0. The van der Waals surface area contributed by atoms with Crippen molar-refractivity contribution in [2.24, 2.45) is 5.10 Å². The normalized spacial score (nSPS) is 11.5. The quantitative estimate of drug-likeness (QED) is 0.0780. The molecular formula is C39H36N4O6. The number of fused-ring (bicyclic) bond motifs is 2. The molecule has 0 saturated heterocycles. The van der Waals surface area contributed by atoms with E-state index in [2.05, 4.69) is 18.9 Å². The Labute approximate surface area is 283 Å². The zero-order valence-corrected chi connectivity index (χ0v) is 28.0. The standard InChI is InChI=1S/C39H36N4O6/c1-6-48-35-18-25(4)32(21-31(35)24(2)3)38-41-33-17-10-9-16-30(33)39(44)42(38)40-22-26-19-34(43(45)46)37(36(20-26)47-5)49-23-28-14-11-13-27-12-7-8-15-29(27)28/h7-22,24H,6,23H2,1-5H3. The number of rotatable bonds is 11. The maximum absolute atomic E-state index is 13.9. The molecule has 1 aromatic heterocycles. The second-order valence-electron chi connectivity index (χ2n) is 11.9. The van der Waals surface area contributed by atoms with Crippen LogP contribution in [-0.2, 0) is 6.61 Å². The highest BCUT2D eigenvalue weighted by atomic mass is 16.6. The highest BCUT2D eigenvalue weighted by Crippen LogP contribution is 2.39. The number of methoxy groups -OCH3 is 1. The molecule has 6 aromatic rings. The molecule has 0 fully saturated rings. The van der Waals surface area contributed by atoms with Gasteiger partial charge in [-0.3, -0.25) is 14.9 Å². The predicted molar refractivity (Wildman–Crippen MR) is 192 cm³/mol. The van der Waals surface area contributed by atoms with Gasteiger partial charge >= 0.3 is 5.69 Å². The van der Waals surface area contributed by atoms with Crippen molar-refractivity contribution in [3.05, 3.63) is 134 Å². The molecule has 0 aliphatic rings. The van der Waals surface area contributed by atoms with E-state index in [-0.39, 0.29) is 35.3 Å². The van der Waals surface area contributed by atoms with Crippen molar-refractivity contribution in [2.45, 2.75) is 40.2 Å². The van der Waals surface area contributed by atoms with Gasteiger partial charge in [-0.1, -0.05) is 68.4 Å². The van der Waals surface area contributed by atoms with Crippen molar-refractivity contribution in [3.8, 4) is 28.6 Å². The van der Waals surface area contributed by atoms with Crippen LogP contribution in [0.15, 0.2) is 101 Å².